The Labute approximate surface area is 127 Å². The third-order valence-electron chi connectivity index (χ3n) is 2.70. The Morgan fingerprint density at radius 2 is 1.80 bits per heavy atom. The maximum atomic E-state index is 11.1. The van der Waals surface area contributed by atoms with Crippen molar-refractivity contribution in [1.29, 1.82) is 0 Å². The van der Waals surface area contributed by atoms with E-state index in [9.17, 15) is 4.79 Å². The van der Waals surface area contributed by atoms with Crippen LogP contribution in [0.5, 0.6) is 11.5 Å². The molecule has 0 radical (unpaired) electrons. The molecule has 2 aromatic rings. The molecular weight excluding hydrogens is 299 g/mol. The first-order chi connectivity index (χ1) is 9.60. The summed E-state index contributed by atoms with van der Waals surface area (Å²) in [6.45, 7) is 0.377. The van der Waals surface area contributed by atoms with E-state index >= 15 is 0 Å². The summed E-state index contributed by atoms with van der Waals surface area (Å²) in [5, 5.41) is 0.142. The lowest BCUT2D eigenvalue weighted by Gasteiger charge is -2.11. The number of rotatable bonds is 5. The van der Waals surface area contributed by atoms with Crippen molar-refractivity contribution in [1.82, 2.24) is 0 Å². The van der Waals surface area contributed by atoms with Crippen molar-refractivity contribution in [2.24, 2.45) is 0 Å². The van der Waals surface area contributed by atoms with Crippen molar-refractivity contribution in [3.8, 4) is 11.5 Å². The van der Waals surface area contributed by atoms with Crippen molar-refractivity contribution < 1.29 is 14.3 Å². The Balaban J connectivity index is 2.12. The van der Waals surface area contributed by atoms with Crippen LogP contribution in [-0.4, -0.2) is 12.4 Å². The van der Waals surface area contributed by atoms with Crippen molar-refractivity contribution in [2.75, 3.05) is 7.11 Å². The van der Waals surface area contributed by atoms with Crippen LogP contribution in [0.25, 0.3) is 0 Å². The Morgan fingerprint density at radius 1 is 1.10 bits per heavy atom. The Hall–Kier alpha value is -1.71. The van der Waals surface area contributed by atoms with E-state index in [1.165, 1.54) is 7.11 Å². The van der Waals surface area contributed by atoms with Gasteiger partial charge in [-0.2, -0.15) is 0 Å². The summed E-state index contributed by atoms with van der Waals surface area (Å²) in [5.74, 6) is 1.01. The average Bonchev–Trinajstić information content (AvgIpc) is 2.46. The fraction of sp³-hybridized carbons (Fsp3) is 0.133. The molecule has 0 aliphatic rings. The minimum Gasteiger partial charge on any atom is -0.493 e. The zero-order valence-electron chi connectivity index (χ0n) is 10.7. The molecule has 3 nitrogen and oxygen atoms in total. The summed E-state index contributed by atoms with van der Waals surface area (Å²) in [5.41, 5.74) is 1.34. The Kier molecular flexibility index (Phi) is 4.88. The van der Waals surface area contributed by atoms with Crippen LogP contribution in [0.3, 0.4) is 0 Å². The normalized spacial score (nSPS) is 10.2. The highest BCUT2D eigenvalue weighted by Gasteiger charge is 2.09. The number of methoxy groups -OCH3 is 1. The molecule has 0 aliphatic carbocycles. The van der Waals surface area contributed by atoms with Gasteiger partial charge in [-0.05, 0) is 47.5 Å². The van der Waals surface area contributed by atoms with Crippen molar-refractivity contribution in [2.45, 2.75) is 6.61 Å². The molecule has 5 heteroatoms. The zero-order valence-corrected chi connectivity index (χ0v) is 12.2. The predicted octanol–water partition coefficient (Wildman–Crippen LogP) is 4.31. The monoisotopic (exact) mass is 310 g/mol. The standard InChI is InChI=1S/C15H12Cl2O3/c1-19-14-8-11(15(17)18)4-7-13(14)20-9-10-2-5-12(16)6-3-10/h2-8H,9H2,1H3. The van der Waals surface area contributed by atoms with E-state index in [1.807, 2.05) is 12.1 Å². The van der Waals surface area contributed by atoms with Gasteiger partial charge in [-0.25, -0.2) is 0 Å². The molecule has 0 bridgehead atoms. The van der Waals surface area contributed by atoms with Gasteiger partial charge in [0.2, 0.25) is 0 Å². The van der Waals surface area contributed by atoms with Crippen molar-refractivity contribution >= 4 is 28.4 Å². The Bertz CT molecular complexity index is 609. The van der Waals surface area contributed by atoms with Crippen LogP contribution >= 0.6 is 23.2 Å². The van der Waals surface area contributed by atoms with Gasteiger partial charge in [-0.15, -0.1) is 0 Å². The first-order valence-corrected chi connectivity index (χ1v) is 6.61. The molecule has 2 aromatic carbocycles. The van der Waals surface area contributed by atoms with Crippen LogP contribution in [0, 0.1) is 0 Å². The quantitative estimate of drug-likeness (QED) is 0.772. The highest BCUT2D eigenvalue weighted by Crippen LogP contribution is 2.29. The topological polar surface area (TPSA) is 35.5 Å². The van der Waals surface area contributed by atoms with E-state index < -0.39 is 5.24 Å². The van der Waals surface area contributed by atoms with E-state index in [4.69, 9.17) is 32.7 Å². The smallest absolute Gasteiger partial charge is 0.252 e. The Morgan fingerprint density at radius 3 is 2.40 bits per heavy atom. The first-order valence-electron chi connectivity index (χ1n) is 5.85. The van der Waals surface area contributed by atoms with Gasteiger partial charge < -0.3 is 9.47 Å². The largest absolute Gasteiger partial charge is 0.493 e. The van der Waals surface area contributed by atoms with Crippen LogP contribution in [-0.2, 0) is 6.61 Å². The fourth-order valence-corrected chi connectivity index (χ4v) is 1.89. The molecule has 2 rings (SSSR count). The van der Waals surface area contributed by atoms with Gasteiger partial charge in [0.1, 0.15) is 6.61 Å². The summed E-state index contributed by atoms with van der Waals surface area (Å²) >= 11 is 11.2. The molecule has 0 saturated heterocycles. The molecule has 0 spiro atoms. The van der Waals surface area contributed by atoms with Crippen molar-refractivity contribution in [3.63, 3.8) is 0 Å². The summed E-state index contributed by atoms with van der Waals surface area (Å²) in [6.07, 6.45) is 0. The average molecular weight is 311 g/mol. The number of ether oxygens (including phenoxy) is 2. The SMILES string of the molecule is COc1cc(C(=O)Cl)ccc1OCc1ccc(Cl)cc1. The number of hydrogen-bond acceptors (Lipinski definition) is 3. The van der Waals surface area contributed by atoms with Gasteiger partial charge in [0.25, 0.3) is 5.24 Å². The lowest BCUT2D eigenvalue weighted by Crippen LogP contribution is -1.99. The van der Waals surface area contributed by atoms with Gasteiger partial charge in [0.05, 0.1) is 7.11 Å². The first kappa shape index (κ1) is 14.7. The number of hydrogen-bond donors (Lipinski definition) is 0. The second-order valence-corrected chi connectivity index (χ2v) is 4.83. The predicted molar refractivity (Wildman–Crippen MR) is 79.0 cm³/mol. The van der Waals surface area contributed by atoms with Crippen LogP contribution in [0.1, 0.15) is 15.9 Å². The highest BCUT2D eigenvalue weighted by molar-refractivity contribution is 6.67. The third-order valence-corrected chi connectivity index (χ3v) is 3.17. The number of halogens is 2. The maximum Gasteiger partial charge on any atom is 0.252 e. The molecule has 0 unspecified atom stereocenters. The lowest BCUT2D eigenvalue weighted by atomic mass is 10.2. The second kappa shape index (κ2) is 6.64. The van der Waals surface area contributed by atoms with Gasteiger partial charge in [0.15, 0.2) is 11.5 Å². The van der Waals surface area contributed by atoms with Gasteiger partial charge >= 0.3 is 0 Å². The molecule has 0 N–H and O–H groups in total. The molecule has 0 fully saturated rings. The molecule has 0 heterocycles. The van der Waals surface area contributed by atoms with E-state index in [2.05, 4.69) is 0 Å². The minimum absolute atomic E-state index is 0.363. The molecule has 0 amide bonds. The maximum absolute atomic E-state index is 11.1. The molecule has 0 aromatic heterocycles. The van der Waals surface area contributed by atoms with E-state index in [1.54, 1.807) is 30.3 Å². The number of carbonyl (C=O) groups is 1. The summed E-state index contributed by atoms with van der Waals surface area (Å²) in [7, 11) is 1.51. The molecule has 0 atom stereocenters. The molecule has 0 saturated carbocycles. The third kappa shape index (κ3) is 3.65. The van der Waals surface area contributed by atoms with E-state index in [-0.39, 0.29) is 0 Å². The lowest BCUT2D eigenvalue weighted by molar-refractivity contribution is 0.108. The summed E-state index contributed by atoms with van der Waals surface area (Å²) in [6, 6.07) is 12.2. The fourth-order valence-electron chi connectivity index (χ4n) is 1.65. The number of benzene rings is 2. The highest BCUT2D eigenvalue weighted by atomic mass is 35.5. The molecular formula is C15H12Cl2O3. The molecule has 0 aliphatic heterocycles. The second-order valence-electron chi connectivity index (χ2n) is 4.05. The van der Waals surface area contributed by atoms with E-state index in [0.717, 1.165) is 5.56 Å². The molecule has 20 heavy (non-hydrogen) atoms. The van der Waals surface area contributed by atoms with Gasteiger partial charge in [-0.3, -0.25) is 4.79 Å². The summed E-state index contributed by atoms with van der Waals surface area (Å²) < 4.78 is 10.9. The minimum atomic E-state index is -0.535. The van der Waals surface area contributed by atoms with Gasteiger partial charge in [0, 0.05) is 10.6 Å². The van der Waals surface area contributed by atoms with Crippen LogP contribution in [0.4, 0.5) is 0 Å². The summed E-state index contributed by atoms with van der Waals surface area (Å²) in [4.78, 5) is 11.1. The molecule has 104 valence electrons. The number of carbonyl (C=O) groups excluding carboxylic acids is 1. The van der Waals surface area contributed by atoms with Crippen LogP contribution in [0.2, 0.25) is 5.02 Å². The van der Waals surface area contributed by atoms with Crippen LogP contribution < -0.4 is 9.47 Å². The van der Waals surface area contributed by atoms with Crippen molar-refractivity contribution in [3.05, 3.63) is 58.6 Å². The van der Waals surface area contributed by atoms with Gasteiger partial charge in [-0.1, -0.05) is 23.7 Å². The van der Waals surface area contributed by atoms with E-state index in [0.29, 0.717) is 28.7 Å². The van der Waals surface area contributed by atoms with Crippen LogP contribution in [0.15, 0.2) is 42.5 Å². The zero-order chi connectivity index (χ0) is 14.5.